The van der Waals surface area contributed by atoms with E-state index >= 15 is 0 Å². The molecule has 4 aromatic rings. The molecule has 1 saturated carbocycles. The fraction of sp³-hybridized carbons (Fsp3) is 0.345. The van der Waals surface area contributed by atoms with Gasteiger partial charge < -0.3 is 10.6 Å². The number of anilines is 2. The lowest BCUT2D eigenvalue weighted by molar-refractivity contribution is -0.115. The number of nitrogens with zero attached hydrogens (tertiary/aromatic N) is 4. The average molecular weight is 547 g/mol. The Morgan fingerprint density at radius 2 is 1.53 bits per heavy atom. The Bertz CT molecular complexity index is 1330. The van der Waals surface area contributed by atoms with Crippen molar-refractivity contribution >= 4 is 38.8 Å². The van der Waals surface area contributed by atoms with Crippen LogP contribution in [0.5, 0.6) is 0 Å². The molecule has 0 atom stereocenters. The lowest BCUT2D eigenvalue weighted by atomic mass is 9.90. The highest BCUT2D eigenvalue weighted by molar-refractivity contribution is 7.15. The Labute approximate surface area is 232 Å². The molecule has 1 aliphatic carbocycles. The Morgan fingerprint density at radius 3 is 2.16 bits per heavy atom. The van der Waals surface area contributed by atoms with Crippen LogP contribution in [-0.4, -0.2) is 26.3 Å². The van der Waals surface area contributed by atoms with Crippen molar-refractivity contribution in [2.75, 3.05) is 10.6 Å². The van der Waals surface area contributed by atoms with E-state index in [1.807, 2.05) is 43.3 Å². The predicted octanol–water partition coefficient (Wildman–Crippen LogP) is 7.09. The first kappa shape index (κ1) is 27.6. The van der Waals surface area contributed by atoms with E-state index in [0.29, 0.717) is 17.5 Å². The molecule has 0 radical (unpaired) electrons. The fourth-order valence-electron chi connectivity index (χ4n) is 4.41. The van der Waals surface area contributed by atoms with Gasteiger partial charge in [0, 0.05) is 18.0 Å². The SMILES string of the molecule is C=C(Cc1ccccc1C)Nc1nncs1.Cc1ccccc1CC(=O)Nc1nnc(C2CCCCC2)s1. The summed E-state index contributed by atoms with van der Waals surface area (Å²) in [4.78, 5) is 12.1. The number of aromatic nitrogens is 4. The quantitative estimate of drug-likeness (QED) is 0.245. The topological polar surface area (TPSA) is 92.7 Å². The van der Waals surface area contributed by atoms with Crippen LogP contribution in [0.3, 0.4) is 0 Å². The standard InChI is InChI=1S/C17H21N3OS.C12H13N3S/c1-12-7-5-6-10-14(12)11-15(21)18-17-20-19-16(22-17)13-8-3-2-4-9-13;1-9-5-3-4-6-11(9)7-10(2)14-12-15-13-8-16-12/h5-7,10,13H,2-4,8-9,11H2,1H3,(H,18,20,21);3-6,8H,2,7H2,1H3,(H,14,15). The van der Waals surface area contributed by atoms with Gasteiger partial charge in [0.2, 0.25) is 16.2 Å². The summed E-state index contributed by atoms with van der Waals surface area (Å²) in [5.74, 6) is 0.508. The molecular formula is C29H34N6OS2. The van der Waals surface area contributed by atoms with Crippen LogP contribution in [0.1, 0.15) is 65.3 Å². The van der Waals surface area contributed by atoms with E-state index in [1.165, 1.54) is 65.9 Å². The highest BCUT2D eigenvalue weighted by Gasteiger charge is 2.20. The molecule has 198 valence electrons. The van der Waals surface area contributed by atoms with Gasteiger partial charge in [0.25, 0.3) is 0 Å². The summed E-state index contributed by atoms with van der Waals surface area (Å²) in [6.45, 7) is 8.12. The minimum absolute atomic E-state index is 0.0272. The Hall–Kier alpha value is -3.43. The zero-order valence-electron chi connectivity index (χ0n) is 21.9. The van der Waals surface area contributed by atoms with Gasteiger partial charge in [0.1, 0.15) is 10.5 Å². The number of nitrogens with one attached hydrogen (secondary N) is 2. The van der Waals surface area contributed by atoms with E-state index in [-0.39, 0.29) is 5.91 Å². The molecular weight excluding hydrogens is 512 g/mol. The Balaban J connectivity index is 0.000000186. The predicted molar refractivity (Wildman–Crippen MR) is 157 cm³/mol. The molecule has 2 heterocycles. The van der Waals surface area contributed by atoms with E-state index in [4.69, 9.17) is 0 Å². The van der Waals surface area contributed by atoms with Crippen LogP contribution in [0.15, 0.2) is 66.3 Å². The van der Waals surface area contributed by atoms with Crippen molar-refractivity contribution in [3.8, 4) is 0 Å². The van der Waals surface area contributed by atoms with Gasteiger partial charge >= 0.3 is 0 Å². The number of hydrogen-bond donors (Lipinski definition) is 2. The smallest absolute Gasteiger partial charge is 0.230 e. The van der Waals surface area contributed by atoms with Crippen molar-refractivity contribution in [3.05, 3.63) is 93.6 Å². The first-order valence-electron chi connectivity index (χ1n) is 12.9. The molecule has 5 rings (SSSR count). The maximum absolute atomic E-state index is 12.1. The molecule has 9 heteroatoms. The van der Waals surface area contributed by atoms with E-state index in [1.54, 1.807) is 5.51 Å². The minimum Gasteiger partial charge on any atom is -0.334 e. The molecule has 1 fully saturated rings. The van der Waals surface area contributed by atoms with Gasteiger partial charge in [-0.3, -0.25) is 4.79 Å². The molecule has 0 saturated heterocycles. The Morgan fingerprint density at radius 1 is 0.868 bits per heavy atom. The molecule has 0 spiro atoms. The summed E-state index contributed by atoms with van der Waals surface area (Å²) in [7, 11) is 0. The van der Waals surface area contributed by atoms with Crippen LogP contribution in [0.25, 0.3) is 0 Å². The number of allylic oxidation sites excluding steroid dienone is 1. The number of carbonyl (C=O) groups excluding carboxylic acids is 1. The molecule has 2 aromatic heterocycles. The van der Waals surface area contributed by atoms with E-state index in [2.05, 4.69) is 56.7 Å². The van der Waals surface area contributed by atoms with E-state index < -0.39 is 0 Å². The van der Waals surface area contributed by atoms with Gasteiger partial charge in [0.15, 0.2) is 0 Å². The normalized spacial score (nSPS) is 13.3. The van der Waals surface area contributed by atoms with E-state index in [9.17, 15) is 4.79 Å². The molecule has 7 nitrogen and oxygen atoms in total. The molecule has 1 aliphatic rings. The molecule has 0 unspecified atom stereocenters. The second kappa shape index (κ2) is 13.9. The fourth-order valence-corrected chi connectivity index (χ4v) is 5.83. The van der Waals surface area contributed by atoms with Crippen LogP contribution in [0.2, 0.25) is 0 Å². The van der Waals surface area contributed by atoms with Crippen molar-refractivity contribution in [1.82, 2.24) is 20.4 Å². The summed E-state index contributed by atoms with van der Waals surface area (Å²) in [6.07, 6.45) is 7.47. The molecule has 2 N–H and O–H groups in total. The lowest BCUT2D eigenvalue weighted by Crippen LogP contribution is -2.14. The van der Waals surface area contributed by atoms with Crippen LogP contribution in [0, 0.1) is 13.8 Å². The van der Waals surface area contributed by atoms with Crippen molar-refractivity contribution in [2.24, 2.45) is 0 Å². The molecule has 1 amide bonds. The second-order valence-corrected chi connectivity index (χ2v) is 11.3. The van der Waals surface area contributed by atoms with Crippen LogP contribution >= 0.6 is 22.7 Å². The Kier molecular flexibility index (Phi) is 10.1. The van der Waals surface area contributed by atoms with Crippen molar-refractivity contribution < 1.29 is 4.79 Å². The molecule has 2 aromatic carbocycles. The first-order chi connectivity index (χ1) is 18.5. The third kappa shape index (κ3) is 8.29. The number of amides is 1. The number of hydrogen-bond acceptors (Lipinski definition) is 8. The largest absolute Gasteiger partial charge is 0.334 e. The first-order valence-corrected chi connectivity index (χ1v) is 14.6. The lowest BCUT2D eigenvalue weighted by Gasteiger charge is -2.18. The van der Waals surface area contributed by atoms with Crippen LogP contribution in [-0.2, 0) is 17.6 Å². The number of aryl methyl sites for hydroxylation is 2. The van der Waals surface area contributed by atoms with Gasteiger partial charge in [-0.1, -0.05) is 97.0 Å². The summed E-state index contributed by atoms with van der Waals surface area (Å²) in [6, 6.07) is 16.3. The highest BCUT2D eigenvalue weighted by Crippen LogP contribution is 2.35. The van der Waals surface area contributed by atoms with Crippen LogP contribution in [0.4, 0.5) is 10.3 Å². The van der Waals surface area contributed by atoms with Gasteiger partial charge in [-0.15, -0.1) is 20.4 Å². The maximum atomic E-state index is 12.1. The number of benzene rings is 2. The van der Waals surface area contributed by atoms with Gasteiger partial charge in [-0.05, 0) is 48.9 Å². The van der Waals surface area contributed by atoms with Gasteiger partial charge in [-0.2, -0.15) is 0 Å². The van der Waals surface area contributed by atoms with Gasteiger partial charge in [0.05, 0.1) is 6.42 Å². The summed E-state index contributed by atoms with van der Waals surface area (Å²) in [5, 5.41) is 24.6. The molecule has 0 bridgehead atoms. The molecule has 38 heavy (non-hydrogen) atoms. The summed E-state index contributed by atoms with van der Waals surface area (Å²) >= 11 is 3.00. The molecule has 0 aliphatic heterocycles. The van der Waals surface area contributed by atoms with Crippen molar-refractivity contribution in [2.45, 2.75) is 64.7 Å². The van der Waals surface area contributed by atoms with E-state index in [0.717, 1.165) is 33.4 Å². The second-order valence-electron chi connectivity index (χ2n) is 9.51. The van der Waals surface area contributed by atoms with Gasteiger partial charge in [-0.25, -0.2) is 0 Å². The number of carbonyl (C=O) groups is 1. The average Bonchev–Trinajstić information content (AvgIpc) is 3.60. The maximum Gasteiger partial charge on any atom is 0.230 e. The third-order valence-electron chi connectivity index (χ3n) is 6.56. The monoisotopic (exact) mass is 546 g/mol. The number of rotatable bonds is 8. The van der Waals surface area contributed by atoms with Crippen molar-refractivity contribution in [3.63, 3.8) is 0 Å². The highest BCUT2D eigenvalue weighted by atomic mass is 32.1. The van der Waals surface area contributed by atoms with Crippen molar-refractivity contribution in [1.29, 1.82) is 0 Å². The third-order valence-corrected chi connectivity index (χ3v) is 8.17. The summed E-state index contributed by atoms with van der Waals surface area (Å²) in [5.41, 5.74) is 7.39. The summed E-state index contributed by atoms with van der Waals surface area (Å²) < 4.78 is 0. The van der Waals surface area contributed by atoms with Crippen LogP contribution < -0.4 is 10.6 Å². The minimum atomic E-state index is -0.0272. The zero-order chi connectivity index (χ0) is 26.7. The zero-order valence-corrected chi connectivity index (χ0v) is 23.6.